The maximum absolute atomic E-state index is 3.65. The standard InChI is InChI=1S/C39H54N2P2Si/c1-44(2,3)35-9-8-33(34(18-35)25-42(36-6-4-10-40-36)37-7-5-11-41-37)26-43(38-19-27-12-28(20-38)14-29(13-27)21-38)39-22-30-15-31(23-39)17-32(16-30)24-39/h4-11,18,27-32,40-41H,12-17,19-26H2,1-3H3. The van der Waals surface area contributed by atoms with Crippen molar-refractivity contribution in [1.82, 2.24) is 9.97 Å². The number of hydrogen-bond acceptors (Lipinski definition) is 0. The monoisotopic (exact) mass is 640 g/mol. The second kappa shape index (κ2) is 10.7. The molecule has 8 aliphatic carbocycles. The molecular formula is C39H54N2P2Si. The normalized spacial score (nSPS) is 37.7. The topological polar surface area (TPSA) is 31.6 Å². The second-order valence-corrected chi connectivity index (χ2v) is 28.1. The van der Waals surface area contributed by atoms with E-state index in [-0.39, 0.29) is 7.92 Å². The van der Waals surface area contributed by atoms with Crippen LogP contribution < -0.4 is 16.1 Å². The molecule has 2 N–H and O–H groups in total. The van der Waals surface area contributed by atoms with Crippen molar-refractivity contribution < 1.29 is 0 Å². The molecule has 0 amide bonds. The third-order valence-electron chi connectivity index (χ3n) is 13.6. The molecular weight excluding hydrogens is 586 g/mol. The minimum absolute atomic E-state index is 0.0512. The van der Waals surface area contributed by atoms with E-state index in [9.17, 15) is 0 Å². The van der Waals surface area contributed by atoms with E-state index in [0.29, 0.717) is 10.3 Å². The van der Waals surface area contributed by atoms with Gasteiger partial charge in [-0.1, -0.05) is 50.9 Å². The lowest BCUT2D eigenvalue weighted by Crippen LogP contribution is -2.56. The first-order valence-corrected chi connectivity index (χ1v) is 24.7. The van der Waals surface area contributed by atoms with Crippen LogP contribution in [0.4, 0.5) is 0 Å². The van der Waals surface area contributed by atoms with Gasteiger partial charge in [0.15, 0.2) is 0 Å². The highest BCUT2D eigenvalue weighted by Gasteiger charge is 2.62. The van der Waals surface area contributed by atoms with E-state index in [0.717, 1.165) is 41.7 Å². The van der Waals surface area contributed by atoms with E-state index in [1.165, 1.54) is 17.0 Å². The Labute approximate surface area is 269 Å². The van der Waals surface area contributed by atoms with Crippen LogP contribution in [0.25, 0.3) is 0 Å². The number of hydrogen-bond donors (Lipinski definition) is 2. The molecule has 0 aliphatic heterocycles. The van der Waals surface area contributed by atoms with E-state index in [1.54, 1.807) is 93.4 Å². The summed E-state index contributed by atoms with van der Waals surface area (Å²) in [6, 6.07) is 17.1. The van der Waals surface area contributed by atoms with Gasteiger partial charge < -0.3 is 9.97 Å². The van der Waals surface area contributed by atoms with Gasteiger partial charge in [-0.05, 0) is 172 Å². The molecule has 234 valence electrons. The molecule has 8 fully saturated rings. The van der Waals surface area contributed by atoms with Crippen LogP contribution in [0.2, 0.25) is 19.6 Å². The largest absolute Gasteiger partial charge is 0.361 e. The molecule has 0 unspecified atom stereocenters. The summed E-state index contributed by atoms with van der Waals surface area (Å²) >= 11 is 0. The van der Waals surface area contributed by atoms with Crippen LogP contribution in [-0.4, -0.2) is 28.4 Å². The molecule has 8 aliphatic rings. The molecule has 3 aromatic rings. The van der Waals surface area contributed by atoms with Gasteiger partial charge in [0, 0.05) is 29.4 Å². The van der Waals surface area contributed by atoms with Crippen molar-refractivity contribution in [2.24, 2.45) is 35.5 Å². The summed E-state index contributed by atoms with van der Waals surface area (Å²) in [5.41, 5.74) is 6.28. The van der Waals surface area contributed by atoms with Crippen LogP contribution in [0.3, 0.4) is 0 Å². The van der Waals surface area contributed by atoms with Crippen LogP contribution in [0, 0.1) is 35.5 Å². The minimum Gasteiger partial charge on any atom is -0.361 e. The third-order valence-corrected chi connectivity index (χ3v) is 22.1. The van der Waals surface area contributed by atoms with Gasteiger partial charge in [0.05, 0.1) is 8.07 Å². The molecule has 0 spiro atoms. The summed E-state index contributed by atoms with van der Waals surface area (Å²) in [6.07, 6.45) is 25.9. The maximum atomic E-state index is 3.65. The van der Waals surface area contributed by atoms with Gasteiger partial charge in [-0.2, -0.15) is 0 Å². The van der Waals surface area contributed by atoms with Crippen molar-refractivity contribution in [1.29, 1.82) is 0 Å². The van der Waals surface area contributed by atoms with Gasteiger partial charge >= 0.3 is 0 Å². The zero-order chi connectivity index (χ0) is 29.7. The Morgan fingerprint density at radius 2 is 1.07 bits per heavy atom. The van der Waals surface area contributed by atoms with Crippen LogP contribution >= 0.6 is 15.8 Å². The molecule has 8 bridgehead atoms. The van der Waals surface area contributed by atoms with Crippen LogP contribution in [0.15, 0.2) is 54.9 Å². The molecule has 44 heavy (non-hydrogen) atoms. The van der Waals surface area contributed by atoms with Gasteiger partial charge in [-0.15, -0.1) is 0 Å². The number of H-pyrrole nitrogens is 2. The average Bonchev–Trinajstić information content (AvgIpc) is 3.68. The summed E-state index contributed by atoms with van der Waals surface area (Å²) in [5, 5.41) is 3.03. The molecule has 0 atom stereocenters. The van der Waals surface area contributed by atoms with Crippen molar-refractivity contribution >= 4 is 40.0 Å². The van der Waals surface area contributed by atoms with E-state index in [2.05, 4.69) is 84.5 Å². The van der Waals surface area contributed by atoms with E-state index in [4.69, 9.17) is 0 Å². The van der Waals surface area contributed by atoms with Crippen LogP contribution in [0.5, 0.6) is 0 Å². The first-order chi connectivity index (χ1) is 21.2. The van der Waals surface area contributed by atoms with E-state index in [1.807, 2.05) is 0 Å². The zero-order valence-electron chi connectivity index (χ0n) is 27.5. The van der Waals surface area contributed by atoms with Crippen molar-refractivity contribution in [2.45, 2.75) is 119 Å². The summed E-state index contributed by atoms with van der Waals surface area (Å²) < 4.78 is 0. The third kappa shape index (κ3) is 5.01. The number of aromatic nitrogens is 2. The number of nitrogens with one attached hydrogen (secondary N) is 2. The highest BCUT2D eigenvalue weighted by Crippen LogP contribution is 2.79. The SMILES string of the molecule is C[Si](C)(C)c1ccc(CP(C23CC4CC(CC(C4)C2)C3)C23CC4CC(CC(C4)C2)C3)c(CP(c2ccc[nH]2)c2ccc[nH]2)c1. The van der Waals surface area contributed by atoms with Gasteiger partial charge in [-0.25, -0.2) is 0 Å². The van der Waals surface area contributed by atoms with E-state index >= 15 is 0 Å². The van der Waals surface area contributed by atoms with Crippen molar-refractivity contribution in [3.8, 4) is 0 Å². The molecule has 0 saturated heterocycles. The van der Waals surface area contributed by atoms with Gasteiger partial charge in [0.1, 0.15) is 0 Å². The van der Waals surface area contributed by atoms with Gasteiger partial charge in [-0.3, -0.25) is 0 Å². The van der Waals surface area contributed by atoms with Crippen LogP contribution in [0.1, 0.15) is 88.2 Å². The van der Waals surface area contributed by atoms with Crippen molar-refractivity contribution in [2.75, 3.05) is 0 Å². The zero-order valence-corrected chi connectivity index (χ0v) is 30.2. The highest BCUT2D eigenvalue weighted by molar-refractivity contribution is 7.71. The summed E-state index contributed by atoms with van der Waals surface area (Å²) in [7, 11) is -1.96. The average molecular weight is 641 g/mol. The fourth-order valence-corrected chi connectivity index (χ4v) is 21.3. The van der Waals surface area contributed by atoms with Gasteiger partial charge in [0.2, 0.25) is 0 Å². The Morgan fingerprint density at radius 1 is 0.614 bits per heavy atom. The Kier molecular flexibility index (Phi) is 7.05. The predicted molar refractivity (Wildman–Crippen MR) is 193 cm³/mol. The first-order valence-electron chi connectivity index (χ1n) is 18.2. The molecule has 5 heteroatoms. The Morgan fingerprint density at radius 3 is 1.45 bits per heavy atom. The summed E-state index contributed by atoms with van der Waals surface area (Å²) in [5.74, 6) is 6.35. The highest BCUT2D eigenvalue weighted by atomic mass is 31.1. The molecule has 2 aromatic heterocycles. The summed E-state index contributed by atoms with van der Waals surface area (Å²) in [6.45, 7) is 7.63. The Balaban J connectivity index is 1.14. The van der Waals surface area contributed by atoms with Crippen molar-refractivity contribution in [3.63, 3.8) is 0 Å². The molecule has 11 rings (SSSR count). The number of rotatable bonds is 9. The molecule has 2 nitrogen and oxygen atoms in total. The summed E-state index contributed by atoms with van der Waals surface area (Å²) in [4.78, 5) is 7.30. The molecule has 8 saturated carbocycles. The van der Waals surface area contributed by atoms with E-state index < -0.39 is 16.0 Å². The Hall–Kier alpha value is -1.14. The van der Waals surface area contributed by atoms with Crippen LogP contribution in [-0.2, 0) is 12.3 Å². The second-order valence-electron chi connectivity index (χ2n) is 17.8. The Bertz CT molecular complexity index is 1340. The number of benzene rings is 1. The first kappa shape index (κ1) is 29.0. The minimum atomic E-state index is -1.43. The lowest BCUT2D eigenvalue weighted by atomic mass is 9.55. The smallest absolute Gasteiger partial charge is 0.0776 e. The fourth-order valence-electron chi connectivity index (χ4n) is 12.6. The fraction of sp³-hybridized carbons (Fsp3) is 0.641. The molecule has 0 radical (unpaired) electrons. The molecule has 1 aromatic carbocycles. The lowest BCUT2D eigenvalue weighted by Gasteiger charge is -2.67. The molecule has 2 heterocycles. The quantitative estimate of drug-likeness (QED) is 0.173. The van der Waals surface area contributed by atoms with Gasteiger partial charge in [0.25, 0.3) is 0 Å². The maximum Gasteiger partial charge on any atom is 0.0776 e. The predicted octanol–water partition coefficient (Wildman–Crippen LogP) is 9.44. The lowest BCUT2D eigenvalue weighted by molar-refractivity contribution is 0.0184. The van der Waals surface area contributed by atoms with Crippen molar-refractivity contribution in [3.05, 3.63) is 66.0 Å². The number of aromatic amines is 2.